The summed E-state index contributed by atoms with van der Waals surface area (Å²) in [6, 6.07) is 10.5. The number of benzene rings is 1. The monoisotopic (exact) mass is 309 g/mol. The number of fused-ring (bicyclic) bond motifs is 2. The normalized spacial score (nSPS) is 27.7. The van der Waals surface area contributed by atoms with Crippen molar-refractivity contribution < 1.29 is 4.79 Å². The Bertz CT molecular complexity index is 746. The molecule has 1 unspecified atom stereocenters. The molecular weight excluding hydrogens is 290 g/mol. The van der Waals surface area contributed by atoms with Crippen molar-refractivity contribution in [3.8, 4) is 5.69 Å². The highest BCUT2D eigenvalue weighted by atomic mass is 16.2. The minimum atomic E-state index is 0.0558. The van der Waals surface area contributed by atoms with Gasteiger partial charge in [0.15, 0.2) is 0 Å². The van der Waals surface area contributed by atoms with Gasteiger partial charge < -0.3 is 15.5 Å². The first-order chi connectivity index (χ1) is 11.3. The fourth-order valence-electron chi connectivity index (χ4n) is 3.95. The van der Waals surface area contributed by atoms with Crippen LogP contribution in [0.5, 0.6) is 0 Å². The van der Waals surface area contributed by atoms with E-state index in [2.05, 4.69) is 15.7 Å². The number of urea groups is 1. The minimum Gasteiger partial charge on any atom is -0.335 e. The van der Waals surface area contributed by atoms with Gasteiger partial charge in [0.2, 0.25) is 0 Å². The first-order valence-electron chi connectivity index (χ1n) is 8.18. The highest BCUT2D eigenvalue weighted by Crippen LogP contribution is 2.41. The van der Waals surface area contributed by atoms with Crippen LogP contribution >= 0.6 is 0 Å². The van der Waals surface area contributed by atoms with Gasteiger partial charge in [-0.2, -0.15) is 5.10 Å². The third-order valence-corrected chi connectivity index (χ3v) is 5.33. The summed E-state index contributed by atoms with van der Waals surface area (Å²) in [7, 11) is 0. The Kier molecular flexibility index (Phi) is 2.76. The second kappa shape index (κ2) is 4.83. The Morgan fingerprint density at radius 2 is 1.96 bits per heavy atom. The number of piperidine rings is 1. The number of hydrogen-bond donors (Lipinski definition) is 2. The molecule has 2 fully saturated rings. The van der Waals surface area contributed by atoms with Crippen LogP contribution in [0.3, 0.4) is 0 Å². The molecule has 6 heteroatoms. The van der Waals surface area contributed by atoms with E-state index in [0.29, 0.717) is 31.0 Å². The van der Waals surface area contributed by atoms with Gasteiger partial charge >= 0.3 is 6.03 Å². The number of nitrogens with zero attached hydrogens (tertiary/aromatic N) is 3. The molecule has 1 aromatic carbocycles. The van der Waals surface area contributed by atoms with Crippen LogP contribution in [0.2, 0.25) is 0 Å². The van der Waals surface area contributed by atoms with Gasteiger partial charge in [0.25, 0.3) is 0 Å². The summed E-state index contributed by atoms with van der Waals surface area (Å²) in [5.41, 5.74) is 3.30. The molecule has 1 aliphatic carbocycles. The number of aromatic nitrogens is 2. The first kappa shape index (κ1) is 13.1. The van der Waals surface area contributed by atoms with E-state index in [1.54, 1.807) is 0 Å². The van der Waals surface area contributed by atoms with E-state index in [9.17, 15) is 4.79 Å². The van der Waals surface area contributed by atoms with Crippen molar-refractivity contribution >= 4 is 6.03 Å². The van der Waals surface area contributed by atoms with Crippen LogP contribution in [0.15, 0.2) is 36.5 Å². The van der Waals surface area contributed by atoms with Crippen molar-refractivity contribution in [1.82, 2.24) is 25.3 Å². The number of rotatable bonds is 2. The summed E-state index contributed by atoms with van der Waals surface area (Å²) in [5, 5.41) is 11.0. The number of para-hydroxylation sites is 1. The Morgan fingerprint density at radius 1 is 1.17 bits per heavy atom. The highest BCUT2D eigenvalue weighted by Gasteiger charge is 2.54. The van der Waals surface area contributed by atoms with Crippen LogP contribution in [0, 0.1) is 11.8 Å². The molecule has 23 heavy (non-hydrogen) atoms. The van der Waals surface area contributed by atoms with E-state index in [-0.39, 0.29) is 6.03 Å². The third-order valence-electron chi connectivity index (χ3n) is 5.33. The molecular formula is C17H19N5O. The van der Waals surface area contributed by atoms with Gasteiger partial charge in [-0.1, -0.05) is 18.2 Å². The second-order valence-electron chi connectivity index (χ2n) is 6.68. The predicted molar refractivity (Wildman–Crippen MR) is 85.0 cm³/mol. The van der Waals surface area contributed by atoms with Crippen molar-refractivity contribution in [2.24, 2.45) is 11.8 Å². The molecule has 2 amide bonds. The van der Waals surface area contributed by atoms with Crippen LogP contribution in [-0.2, 0) is 13.1 Å². The molecule has 2 N–H and O–H groups in total. The number of carbonyl (C=O) groups excluding carboxylic acids is 1. The van der Waals surface area contributed by atoms with Crippen LogP contribution in [0.4, 0.5) is 4.79 Å². The summed E-state index contributed by atoms with van der Waals surface area (Å²) in [6.07, 6.45) is 1.88. The zero-order valence-electron chi connectivity index (χ0n) is 12.8. The minimum absolute atomic E-state index is 0.0558. The Hall–Kier alpha value is -2.34. The number of amides is 2. The molecule has 0 spiro atoms. The van der Waals surface area contributed by atoms with Crippen LogP contribution in [-0.4, -0.2) is 39.8 Å². The molecule has 6 nitrogen and oxygen atoms in total. The fraction of sp³-hybridized carbons (Fsp3) is 0.412. The summed E-state index contributed by atoms with van der Waals surface area (Å²) < 4.78 is 1.94. The van der Waals surface area contributed by atoms with Crippen LogP contribution in [0.1, 0.15) is 11.3 Å². The lowest BCUT2D eigenvalue weighted by atomic mass is 10.3. The lowest BCUT2D eigenvalue weighted by molar-refractivity contribution is 0.196. The van der Waals surface area contributed by atoms with Crippen LogP contribution in [0.25, 0.3) is 5.69 Å². The Morgan fingerprint density at radius 3 is 2.74 bits per heavy atom. The standard InChI is InChI=1S/C17H19N5O/c23-17(20-16-13-7-18-8-14(13)16)21-9-11-6-19-22(15(11)10-21)12-4-2-1-3-5-12/h1-6,13-14,16,18H,7-10H2,(H,20,23)/t13-,14+,16?. The first-order valence-corrected chi connectivity index (χ1v) is 8.18. The van der Waals surface area contributed by atoms with E-state index in [0.717, 1.165) is 30.0 Å². The van der Waals surface area contributed by atoms with E-state index in [4.69, 9.17) is 0 Å². The zero-order valence-corrected chi connectivity index (χ0v) is 12.8. The zero-order chi connectivity index (χ0) is 15.4. The molecule has 2 aliphatic heterocycles. The summed E-state index contributed by atoms with van der Waals surface area (Å²) in [4.78, 5) is 14.4. The fourth-order valence-corrected chi connectivity index (χ4v) is 3.95. The smallest absolute Gasteiger partial charge is 0.318 e. The molecule has 0 bridgehead atoms. The van der Waals surface area contributed by atoms with E-state index in [1.165, 1.54) is 0 Å². The third kappa shape index (κ3) is 2.05. The Balaban J connectivity index is 1.30. The quantitative estimate of drug-likeness (QED) is 0.874. The van der Waals surface area contributed by atoms with Gasteiger partial charge in [-0.25, -0.2) is 9.48 Å². The van der Waals surface area contributed by atoms with E-state index in [1.807, 2.05) is 46.1 Å². The van der Waals surface area contributed by atoms with Gasteiger partial charge in [-0.05, 0) is 24.0 Å². The van der Waals surface area contributed by atoms with E-state index < -0.39 is 0 Å². The molecule has 5 rings (SSSR count). The molecule has 1 saturated heterocycles. The molecule has 118 valence electrons. The van der Waals surface area contributed by atoms with Crippen molar-refractivity contribution in [3.05, 3.63) is 47.8 Å². The SMILES string of the molecule is O=C(NC1[C@H]2CNC[C@@H]12)N1Cc2cnn(-c3ccccc3)c2C1. The topological polar surface area (TPSA) is 62.2 Å². The molecule has 3 atom stereocenters. The molecule has 2 aromatic rings. The maximum Gasteiger partial charge on any atom is 0.318 e. The van der Waals surface area contributed by atoms with E-state index >= 15 is 0 Å². The summed E-state index contributed by atoms with van der Waals surface area (Å²) in [6.45, 7) is 3.35. The van der Waals surface area contributed by atoms with Gasteiger partial charge in [0.05, 0.1) is 30.7 Å². The second-order valence-corrected chi connectivity index (χ2v) is 6.68. The lowest BCUT2D eigenvalue weighted by Gasteiger charge is -2.18. The molecule has 3 heterocycles. The van der Waals surface area contributed by atoms with Crippen LogP contribution < -0.4 is 10.6 Å². The predicted octanol–water partition coefficient (Wildman–Crippen LogP) is 1.12. The Labute approximate surface area is 134 Å². The molecule has 1 saturated carbocycles. The van der Waals surface area contributed by atoms with Gasteiger partial charge in [0, 0.05) is 24.7 Å². The average molecular weight is 309 g/mol. The van der Waals surface area contributed by atoms with Crippen molar-refractivity contribution in [2.45, 2.75) is 19.1 Å². The number of nitrogens with one attached hydrogen (secondary N) is 2. The number of hydrogen-bond acceptors (Lipinski definition) is 3. The average Bonchev–Trinajstić information content (AvgIpc) is 3.05. The van der Waals surface area contributed by atoms with Crippen molar-refractivity contribution in [2.75, 3.05) is 13.1 Å². The summed E-state index contributed by atoms with van der Waals surface area (Å²) in [5.74, 6) is 1.28. The molecule has 0 radical (unpaired) electrons. The van der Waals surface area contributed by atoms with Gasteiger partial charge in [-0.3, -0.25) is 0 Å². The van der Waals surface area contributed by atoms with Gasteiger partial charge in [-0.15, -0.1) is 0 Å². The van der Waals surface area contributed by atoms with Crippen molar-refractivity contribution in [3.63, 3.8) is 0 Å². The number of carbonyl (C=O) groups is 1. The molecule has 3 aliphatic rings. The molecule has 1 aromatic heterocycles. The lowest BCUT2D eigenvalue weighted by Crippen LogP contribution is -2.40. The largest absolute Gasteiger partial charge is 0.335 e. The summed E-state index contributed by atoms with van der Waals surface area (Å²) >= 11 is 0. The van der Waals surface area contributed by atoms with Crippen molar-refractivity contribution in [1.29, 1.82) is 0 Å². The van der Waals surface area contributed by atoms with Gasteiger partial charge in [0.1, 0.15) is 0 Å². The highest BCUT2D eigenvalue weighted by molar-refractivity contribution is 5.76. The maximum absolute atomic E-state index is 12.5. The maximum atomic E-state index is 12.5.